The maximum atomic E-state index is 6.02. The van der Waals surface area contributed by atoms with Crippen molar-refractivity contribution in [2.24, 2.45) is 16.3 Å². The molecule has 3 fully saturated rings. The van der Waals surface area contributed by atoms with Crippen molar-refractivity contribution in [2.75, 3.05) is 13.2 Å². The second-order valence-corrected chi connectivity index (χ2v) is 8.68. The lowest BCUT2D eigenvalue weighted by molar-refractivity contribution is -0.171. The van der Waals surface area contributed by atoms with Crippen LogP contribution in [0, 0.1) is 25.2 Å². The van der Waals surface area contributed by atoms with Gasteiger partial charge in [0.05, 0.1) is 18.3 Å². The second-order valence-electron chi connectivity index (χ2n) is 7.40. The summed E-state index contributed by atoms with van der Waals surface area (Å²) in [6, 6.07) is 0.524. The first kappa shape index (κ1) is 19.4. The van der Waals surface area contributed by atoms with Gasteiger partial charge in [-0.15, -0.1) is 35.3 Å². The summed E-state index contributed by atoms with van der Waals surface area (Å²) < 4.78 is 6.02. The summed E-state index contributed by atoms with van der Waals surface area (Å²) in [6.45, 7) is 8.78. The minimum absolute atomic E-state index is 0. The van der Waals surface area contributed by atoms with Crippen LogP contribution in [0.1, 0.15) is 48.2 Å². The molecular formula is C18H29IN4OS. The fourth-order valence-corrected chi connectivity index (χ4v) is 5.54. The van der Waals surface area contributed by atoms with Gasteiger partial charge in [0.2, 0.25) is 0 Å². The van der Waals surface area contributed by atoms with Crippen LogP contribution in [-0.2, 0) is 11.3 Å². The highest BCUT2D eigenvalue weighted by Gasteiger charge is 2.66. The van der Waals surface area contributed by atoms with Crippen LogP contribution in [0.5, 0.6) is 0 Å². The highest BCUT2D eigenvalue weighted by atomic mass is 127. The Hall–Kier alpha value is -0.410. The van der Waals surface area contributed by atoms with Crippen LogP contribution in [0.3, 0.4) is 0 Å². The molecular weight excluding hydrogens is 447 g/mol. The van der Waals surface area contributed by atoms with E-state index in [2.05, 4.69) is 36.4 Å². The van der Waals surface area contributed by atoms with Crippen LogP contribution in [0.2, 0.25) is 0 Å². The highest BCUT2D eigenvalue weighted by molar-refractivity contribution is 14.0. The van der Waals surface area contributed by atoms with E-state index in [-0.39, 0.29) is 24.0 Å². The van der Waals surface area contributed by atoms with E-state index in [0.717, 1.165) is 29.8 Å². The number of nitrogens with one attached hydrogen (secondary N) is 2. The molecule has 2 N–H and O–H groups in total. The molecule has 2 heterocycles. The third-order valence-electron chi connectivity index (χ3n) is 6.12. The maximum Gasteiger partial charge on any atom is 0.191 e. The molecule has 140 valence electrons. The number of fused-ring (bicyclic) bond motifs is 2. The zero-order chi connectivity index (χ0) is 16.7. The topological polar surface area (TPSA) is 58.5 Å². The standard InChI is InChI=1S/C18H28N4OS.HI/c1-4-19-17(20-10-14-21-11(2)12(3)24-14)22-15-13-6-9-23-16(13)18(15)7-5-8-18;/h13,15-16H,4-10H2,1-3H3,(H2,19,20,22);1H. The minimum Gasteiger partial charge on any atom is -0.377 e. The smallest absolute Gasteiger partial charge is 0.191 e. The van der Waals surface area contributed by atoms with Crippen molar-refractivity contribution >= 4 is 41.3 Å². The fraction of sp³-hybridized carbons (Fsp3) is 0.778. The van der Waals surface area contributed by atoms with Crippen LogP contribution in [-0.4, -0.2) is 36.2 Å². The third kappa shape index (κ3) is 3.32. The summed E-state index contributed by atoms with van der Waals surface area (Å²) in [5, 5.41) is 8.25. The molecule has 3 unspecified atom stereocenters. The second kappa shape index (κ2) is 7.68. The van der Waals surface area contributed by atoms with Crippen molar-refractivity contribution in [3.63, 3.8) is 0 Å². The predicted molar refractivity (Wildman–Crippen MR) is 113 cm³/mol. The summed E-state index contributed by atoms with van der Waals surface area (Å²) in [7, 11) is 0. The molecule has 0 bridgehead atoms. The largest absolute Gasteiger partial charge is 0.377 e. The van der Waals surface area contributed by atoms with Gasteiger partial charge >= 0.3 is 0 Å². The van der Waals surface area contributed by atoms with Gasteiger partial charge in [-0.25, -0.2) is 9.98 Å². The van der Waals surface area contributed by atoms with E-state index in [1.54, 1.807) is 11.3 Å². The highest BCUT2D eigenvalue weighted by Crippen LogP contribution is 2.62. The number of halogens is 1. The fourth-order valence-electron chi connectivity index (χ4n) is 4.68. The van der Waals surface area contributed by atoms with E-state index < -0.39 is 0 Å². The number of nitrogens with zero attached hydrogens (tertiary/aromatic N) is 2. The third-order valence-corrected chi connectivity index (χ3v) is 7.18. The van der Waals surface area contributed by atoms with Gasteiger partial charge in [0, 0.05) is 35.4 Å². The summed E-state index contributed by atoms with van der Waals surface area (Å²) in [4.78, 5) is 10.7. The van der Waals surface area contributed by atoms with Crippen molar-refractivity contribution in [1.82, 2.24) is 15.6 Å². The summed E-state index contributed by atoms with van der Waals surface area (Å²) in [5.41, 5.74) is 1.51. The molecule has 1 spiro atoms. The van der Waals surface area contributed by atoms with Crippen molar-refractivity contribution in [1.29, 1.82) is 0 Å². The van der Waals surface area contributed by atoms with Crippen LogP contribution in [0.15, 0.2) is 4.99 Å². The molecule has 4 rings (SSSR count). The van der Waals surface area contributed by atoms with Gasteiger partial charge in [-0.2, -0.15) is 0 Å². The van der Waals surface area contributed by atoms with Gasteiger partial charge in [0.25, 0.3) is 0 Å². The molecule has 0 aromatic carbocycles. The Kier molecular flexibility index (Phi) is 5.95. The van der Waals surface area contributed by atoms with Crippen LogP contribution < -0.4 is 10.6 Å². The Bertz CT molecular complexity index is 624. The number of aromatic nitrogens is 1. The number of aliphatic imine (C=N–C) groups is 1. The molecule has 3 atom stereocenters. The summed E-state index contributed by atoms with van der Waals surface area (Å²) >= 11 is 1.75. The average Bonchev–Trinajstić information content (AvgIpc) is 3.06. The number of hydrogen-bond acceptors (Lipinski definition) is 4. The number of guanidine groups is 1. The zero-order valence-corrected chi connectivity index (χ0v) is 18.4. The van der Waals surface area contributed by atoms with Crippen molar-refractivity contribution in [3.05, 3.63) is 15.6 Å². The van der Waals surface area contributed by atoms with E-state index in [4.69, 9.17) is 9.73 Å². The Balaban J connectivity index is 0.00000182. The Morgan fingerprint density at radius 1 is 1.40 bits per heavy atom. The molecule has 1 aliphatic heterocycles. The molecule has 1 aromatic heterocycles. The van der Waals surface area contributed by atoms with Crippen molar-refractivity contribution < 1.29 is 4.74 Å². The van der Waals surface area contributed by atoms with Gasteiger partial charge in [-0.1, -0.05) is 6.42 Å². The molecule has 2 saturated carbocycles. The Morgan fingerprint density at radius 3 is 2.80 bits per heavy atom. The molecule has 7 heteroatoms. The van der Waals surface area contributed by atoms with Crippen LogP contribution >= 0.6 is 35.3 Å². The lowest BCUT2D eigenvalue weighted by atomic mass is 9.46. The molecule has 5 nitrogen and oxygen atoms in total. The number of aryl methyl sites for hydroxylation is 2. The van der Waals surface area contributed by atoms with Crippen LogP contribution in [0.25, 0.3) is 0 Å². The van der Waals surface area contributed by atoms with E-state index in [1.165, 1.54) is 30.6 Å². The number of thiazole rings is 1. The predicted octanol–water partition coefficient (Wildman–Crippen LogP) is 3.39. The van der Waals surface area contributed by atoms with E-state index >= 15 is 0 Å². The van der Waals surface area contributed by atoms with E-state index in [9.17, 15) is 0 Å². The summed E-state index contributed by atoms with van der Waals surface area (Å²) in [6.07, 6.45) is 5.63. The average molecular weight is 476 g/mol. The van der Waals surface area contributed by atoms with E-state index in [0.29, 0.717) is 30.0 Å². The van der Waals surface area contributed by atoms with Gasteiger partial charge in [0.1, 0.15) is 5.01 Å². The lowest BCUT2D eigenvalue weighted by Gasteiger charge is -2.63. The SMILES string of the molecule is CCNC(=NCc1nc(C)c(C)s1)NC1C2CCOC2C12CCC2.I. The Labute approximate surface area is 171 Å². The molecule has 2 aliphatic carbocycles. The molecule has 0 amide bonds. The minimum atomic E-state index is 0. The van der Waals surface area contributed by atoms with Crippen molar-refractivity contribution in [2.45, 2.75) is 65.1 Å². The Morgan fingerprint density at radius 2 is 2.20 bits per heavy atom. The molecule has 1 aromatic rings. The molecule has 25 heavy (non-hydrogen) atoms. The maximum absolute atomic E-state index is 6.02. The normalized spacial score (nSPS) is 29.4. The lowest BCUT2D eigenvalue weighted by Crippen LogP contribution is -2.72. The van der Waals surface area contributed by atoms with Gasteiger partial charge in [0.15, 0.2) is 5.96 Å². The quantitative estimate of drug-likeness (QED) is 0.398. The van der Waals surface area contributed by atoms with Gasteiger partial charge < -0.3 is 15.4 Å². The van der Waals surface area contributed by atoms with Gasteiger partial charge in [-0.3, -0.25) is 0 Å². The summed E-state index contributed by atoms with van der Waals surface area (Å²) in [5.74, 6) is 1.60. The number of ether oxygens (including phenoxy) is 1. The first-order valence-electron chi connectivity index (χ1n) is 9.23. The van der Waals surface area contributed by atoms with E-state index in [1.807, 2.05) is 0 Å². The van der Waals surface area contributed by atoms with Gasteiger partial charge in [-0.05, 0) is 40.0 Å². The monoisotopic (exact) mass is 476 g/mol. The molecule has 1 saturated heterocycles. The van der Waals surface area contributed by atoms with Crippen LogP contribution in [0.4, 0.5) is 0 Å². The van der Waals surface area contributed by atoms with Crippen molar-refractivity contribution in [3.8, 4) is 0 Å². The molecule has 0 radical (unpaired) electrons. The first-order valence-corrected chi connectivity index (χ1v) is 10.0. The first-order chi connectivity index (χ1) is 11.6. The molecule has 3 aliphatic rings. The zero-order valence-electron chi connectivity index (χ0n) is 15.3. The number of hydrogen-bond donors (Lipinski definition) is 2. The number of rotatable bonds is 4.